The molecule has 0 bridgehead atoms. The summed E-state index contributed by atoms with van der Waals surface area (Å²) in [6.07, 6.45) is 0. The Kier molecular flexibility index (Phi) is 2.78. The molecule has 0 amide bonds. The van der Waals surface area contributed by atoms with Gasteiger partial charge in [-0.2, -0.15) is 0 Å². The number of hydrogen-bond donors (Lipinski definition) is 1. The second-order valence-electron chi connectivity index (χ2n) is 3.58. The van der Waals surface area contributed by atoms with Crippen LogP contribution in [0.5, 0.6) is 0 Å². The highest BCUT2D eigenvalue weighted by molar-refractivity contribution is 9.10. The molecule has 0 aliphatic heterocycles. The van der Waals surface area contributed by atoms with E-state index in [2.05, 4.69) is 35.0 Å². The van der Waals surface area contributed by atoms with E-state index in [9.17, 15) is 0 Å². The van der Waals surface area contributed by atoms with E-state index in [0.29, 0.717) is 0 Å². The minimum atomic E-state index is 0.804. The third kappa shape index (κ3) is 2.21. The normalized spacial score (nSPS) is 10.3. The molecule has 2 aromatic carbocycles. The summed E-state index contributed by atoms with van der Waals surface area (Å²) in [5.74, 6) is 0. The molecular formula is C13H12BrN. The van der Waals surface area contributed by atoms with Crippen molar-refractivity contribution in [3.05, 3.63) is 52.5 Å². The van der Waals surface area contributed by atoms with Gasteiger partial charge in [0.25, 0.3) is 0 Å². The van der Waals surface area contributed by atoms with Crippen LogP contribution in [-0.2, 0) is 0 Å². The first-order valence-electron chi connectivity index (χ1n) is 4.79. The molecule has 0 unspecified atom stereocenters. The molecule has 1 nitrogen and oxygen atoms in total. The number of aryl methyl sites for hydroxylation is 1. The molecule has 0 aliphatic carbocycles. The van der Waals surface area contributed by atoms with Gasteiger partial charge in [0.1, 0.15) is 0 Å². The van der Waals surface area contributed by atoms with E-state index in [-0.39, 0.29) is 0 Å². The average molecular weight is 262 g/mol. The summed E-state index contributed by atoms with van der Waals surface area (Å²) in [6, 6.07) is 14.2. The maximum atomic E-state index is 5.79. The van der Waals surface area contributed by atoms with E-state index >= 15 is 0 Å². The third-order valence-corrected chi connectivity index (χ3v) is 2.95. The summed E-state index contributed by atoms with van der Waals surface area (Å²) >= 11 is 3.43. The molecule has 0 radical (unpaired) electrons. The SMILES string of the molecule is Cc1ccc(N)cc1-c1ccc(Br)cc1. The van der Waals surface area contributed by atoms with Crippen molar-refractivity contribution in [1.82, 2.24) is 0 Å². The van der Waals surface area contributed by atoms with Crippen LogP contribution in [0.3, 0.4) is 0 Å². The van der Waals surface area contributed by atoms with Crippen molar-refractivity contribution >= 4 is 21.6 Å². The molecule has 0 saturated carbocycles. The second-order valence-corrected chi connectivity index (χ2v) is 4.50. The van der Waals surface area contributed by atoms with Crippen LogP contribution in [-0.4, -0.2) is 0 Å². The Morgan fingerprint density at radius 3 is 2.33 bits per heavy atom. The monoisotopic (exact) mass is 261 g/mol. The van der Waals surface area contributed by atoms with Gasteiger partial charge in [0, 0.05) is 10.2 Å². The molecule has 0 atom stereocenters. The maximum absolute atomic E-state index is 5.79. The lowest BCUT2D eigenvalue weighted by Gasteiger charge is -2.07. The Hall–Kier alpha value is -1.28. The summed E-state index contributed by atoms with van der Waals surface area (Å²) in [4.78, 5) is 0. The molecule has 2 aromatic rings. The number of rotatable bonds is 1. The summed E-state index contributed by atoms with van der Waals surface area (Å²) in [5, 5.41) is 0. The number of nitrogens with two attached hydrogens (primary N) is 1. The average Bonchev–Trinajstić information content (AvgIpc) is 2.23. The van der Waals surface area contributed by atoms with Crippen LogP contribution in [0, 0.1) is 6.92 Å². The van der Waals surface area contributed by atoms with Crippen molar-refractivity contribution in [2.75, 3.05) is 5.73 Å². The van der Waals surface area contributed by atoms with Crippen LogP contribution in [0.2, 0.25) is 0 Å². The van der Waals surface area contributed by atoms with Gasteiger partial charge < -0.3 is 5.73 Å². The van der Waals surface area contributed by atoms with Crippen molar-refractivity contribution in [2.24, 2.45) is 0 Å². The lowest BCUT2D eigenvalue weighted by Crippen LogP contribution is -1.88. The number of hydrogen-bond acceptors (Lipinski definition) is 1. The van der Waals surface area contributed by atoms with Gasteiger partial charge in [-0.25, -0.2) is 0 Å². The van der Waals surface area contributed by atoms with Gasteiger partial charge in [0.2, 0.25) is 0 Å². The Labute approximate surface area is 98.1 Å². The number of nitrogen functional groups attached to an aromatic ring is 1. The van der Waals surface area contributed by atoms with E-state index in [1.165, 1.54) is 16.7 Å². The topological polar surface area (TPSA) is 26.0 Å². The van der Waals surface area contributed by atoms with Gasteiger partial charge >= 0.3 is 0 Å². The largest absolute Gasteiger partial charge is 0.399 e. The van der Waals surface area contributed by atoms with Gasteiger partial charge in [-0.3, -0.25) is 0 Å². The molecule has 0 saturated heterocycles. The lowest BCUT2D eigenvalue weighted by atomic mass is 10.0. The Morgan fingerprint density at radius 2 is 1.67 bits per heavy atom. The van der Waals surface area contributed by atoms with E-state index in [1.807, 2.05) is 30.3 Å². The molecule has 0 heterocycles. The van der Waals surface area contributed by atoms with Crippen LogP contribution in [0.4, 0.5) is 5.69 Å². The minimum Gasteiger partial charge on any atom is -0.399 e. The van der Waals surface area contributed by atoms with E-state index in [4.69, 9.17) is 5.73 Å². The van der Waals surface area contributed by atoms with Gasteiger partial charge in [0.15, 0.2) is 0 Å². The fourth-order valence-corrected chi connectivity index (χ4v) is 1.84. The standard InChI is InChI=1S/C13H12BrN/c1-9-2-7-12(15)8-13(9)10-3-5-11(14)6-4-10/h2-8H,15H2,1H3. The first-order chi connectivity index (χ1) is 7.16. The maximum Gasteiger partial charge on any atom is 0.0320 e. The summed E-state index contributed by atoms with van der Waals surface area (Å²) < 4.78 is 1.09. The predicted molar refractivity (Wildman–Crippen MR) is 68.7 cm³/mol. The fraction of sp³-hybridized carbons (Fsp3) is 0.0769. The van der Waals surface area contributed by atoms with Gasteiger partial charge in [-0.05, 0) is 47.9 Å². The molecule has 76 valence electrons. The molecular weight excluding hydrogens is 250 g/mol. The summed E-state index contributed by atoms with van der Waals surface area (Å²) in [6.45, 7) is 2.09. The number of anilines is 1. The molecule has 15 heavy (non-hydrogen) atoms. The van der Waals surface area contributed by atoms with Crippen LogP contribution in [0.15, 0.2) is 46.9 Å². The molecule has 2 rings (SSSR count). The highest BCUT2D eigenvalue weighted by Crippen LogP contribution is 2.26. The molecule has 0 aromatic heterocycles. The van der Waals surface area contributed by atoms with E-state index in [0.717, 1.165) is 10.2 Å². The van der Waals surface area contributed by atoms with Crippen LogP contribution in [0.1, 0.15) is 5.56 Å². The molecule has 2 heteroatoms. The number of halogens is 1. The Morgan fingerprint density at radius 1 is 1.00 bits per heavy atom. The zero-order chi connectivity index (χ0) is 10.8. The van der Waals surface area contributed by atoms with Crippen molar-refractivity contribution in [3.8, 4) is 11.1 Å². The zero-order valence-electron chi connectivity index (χ0n) is 8.50. The van der Waals surface area contributed by atoms with Crippen LogP contribution >= 0.6 is 15.9 Å². The van der Waals surface area contributed by atoms with Gasteiger partial charge in [-0.1, -0.05) is 34.1 Å². The third-order valence-electron chi connectivity index (χ3n) is 2.42. The summed E-state index contributed by atoms with van der Waals surface area (Å²) in [7, 11) is 0. The van der Waals surface area contributed by atoms with Crippen molar-refractivity contribution in [1.29, 1.82) is 0 Å². The lowest BCUT2D eigenvalue weighted by molar-refractivity contribution is 1.45. The molecule has 0 aliphatic rings. The minimum absolute atomic E-state index is 0.804. The Bertz CT molecular complexity index is 474. The van der Waals surface area contributed by atoms with Crippen molar-refractivity contribution in [3.63, 3.8) is 0 Å². The first kappa shape index (κ1) is 10.2. The summed E-state index contributed by atoms with van der Waals surface area (Å²) in [5.41, 5.74) is 10.2. The Balaban J connectivity index is 2.53. The van der Waals surface area contributed by atoms with Crippen LogP contribution < -0.4 is 5.73 Å². The van der Waals surface area contributed by atoms with Crippen molar-refractivity contribution in [2.45, 2.75) is 6.92 Å². The highest BCUT2D eigenvalue weighted by atomic mass is 79.9. The number of benzene rings is 2. The quantitative estimate of drug-likeness (QED) is 0.772. The first-order valence-corrected chi connectivity index (χ1v) is 5.58. The molecule has 0 fully saturated rings. The zero-order valence-corrected chi connectivity index (χ0v) is 10.1. The highest BCUT2D eigenvalue weighted by Gasteiger charge is 2.01. The van der Waals surface area contributed by atoms with E-state index in [1.54, 1.807) is 0 Å². The van der Waals surface area contributed by atoms with E-state index < -0.39 is 0 Å². The smallest absolute Gasteiger partial charge is 0.0320 e. The molecule has 0 spiro atoms. The van der Waals surface area contributed by atoms with Gasteiger partial charge in [-0.15, -0.1) is 0 Å². The van der Waals surface area contributed by atoms with Crippen molar-refractivity contribution < 1.29 is 0 Å². The second kappa shape index (κ2) is 4.07. The fourth-order valence-electron chi connectivity index (χ4n) is 1.58. The van der Waals surface area contributed by atoms with Crippen LogP contribution in [0.25, 0.3) is 11.1 Å². The molecule has 2 N–H and O–H groups in total. The predicted octanol–water partition coefficient (Wildman–Crippen LogP) is 4.01. The van der Waals surface area contributed by atoms with Gasteiger partial charge in [0.05, 0.1) is 0 Å².